The van der Waals surface area contributed by atoms with Gasteiger partial charge in [-0.3, -0.25) is 0 Å². The predicted octanol–water partition coefficient (Wildman–Crippen LogP) is 0.987. The molecule has 9 heteroatoms. The van der Waals surface area contributed by atoms with Gasteiger partial charge in [0.05, 0.1) is 6.04 Å². The first-order chi connectivity index (χ1) is 6.75. The molecule has 0 fully saturated rings. The average Bonchev–Trinajstić information content (AvgIpc) is 2.75. The van der Waals surface area contributed by atoms with E-state index in [1.807, 2.05) is 6.92 Å². The van der Waals surface area contributed by atoms with Crippen molar-refractivity contribution >= 4 is 32.4 Å². The van der Waals surface area contributed by atoms with E-state index in [1.165, 1.54) is 11.3 Å². The molecule has 2 aromatic rings. The third-order valence-corrected chi connectivity index (χ3v) is 2.78. The van der Waals surface area contributed by atoms with Crippen LogP contribution in [-0.4, -0.2) is 30.8 Å². The molecule has 0 spiro atoms. The number of aromatic nitrogens is 6. The van der Waals surface area contributed by atoms with Crippen LogP contribution in [0.25, 0.3) is 0 Å². The van der Waals surface area contributed by atoms with E-state index < -0.39 is 0 Å². The highest BCUT2D eigenvalue weighted by atomic mass is 79.9. The van der Waals surface area contributed by atoms with Crippen LogP contribution in [0.4, 0.5) is 5.13 Å². The van der Waals surface area contributed by atoms with E-state index in [0.29, 0.717) is 11.0 Å². The maximum atomic E-state index is 3.89. The van der Waals surface area contributed by atoms with Crippen LogP contribution in [0.5, 0.6) is 0 Å². The highest BCUT2D eigenvalue weighted by Crippen LogP contribution is 2.23. The molecular formula is C5H6BrN7S. The highest BCUT2D eigenvalue weighted by molar-refractivity contribution is 9.11. The van der Waals surface area contributed by atoms with E-state index in [2.05, 4.69) is 52.1 Å². The van der Waals surface area contributed by atoms with Crippen LogP contribution in [0, 0.1) is 0 Å². The van der Waals surface area contributed by atoms with Crippen LogP contribution in [0.1, 0.15) is 18.8 Å². The van der Waals surface area contributed by atoms with Crippen molar-refractivity contribution in [2.45, 2.75) is 13.0 Å². The molecular weight excluding hydrogens is 270 g/mol. The van der Waals surface area contributed by atoms with Gasteiger partial charge in [-0.25, -0.2) is 0 Å². The van der Waals surface area contributed by atoms with Crippen LogP contribution in [0.15, 0.2) is 3.92 Å². The van der Waals surface area contributed by atoms with Crippen LogP contribution >= 0.6 is 27.3 Å². The third kappa shape index (κ3) is 2.04. The molecule has 7 nitrogen and oxygen atoms in total. The molecule has 0 aromatic carbocycles. The van der Waals surface area contributed by atoms with Gasteiger partial charge in [0.2, 0.25) is 5.13 Å². The lowest BCUT2D eigenvalue weighted by Crippen LogP contribution is -2.08. The Kier molecular flexibility index (Phi) is 2.68. The number of rotatable bonds is 3. The summed E-state index contributed by atoms with van der Waals surface area (Å²) in [4.78, 5) is 0. The van der Waals surface area contributed by atoms with E-state index in [4.69, 9.17) is 0 Å². The third-order valence-electron chi connectivity index (χ3n) is 1.49. The van der Waals surface area contributed by atoms with Crippen molar-refractivity contribution < 1.29 is 0 Å². The standard InChI is InChI=1S/C5H6BrN7S/c1-2(3-8-12-13-9-3)7-5-11-10-4(6)14-5/h2H,1H3,(H,7,11)(H,8,9,12,13). The van der Waals surface area contributed by atoms with E-state index in [0.717, 1.165) is 3.92 Å². The summed E-state index contributed by atoms with van der Waals surface area (Å²) in [6, 6.07) is -0.0476. The fourth-order valence-corrected chi connectivity index (χ4v) is 1.96. The van der Waals surface area contributed by atoms with Crippen LogP contribution < -0.4 is 5.32 Å². The van der Waals surface area contributed by atoms with Gasteiger partial charge < -0.3 is 5.32 Å². The normalized spacial score (nSPS) is 12.7. The zero-order chi connectivity index (χ0) is 9.97. The van der Waals surface area contributed by atoms with Gasteiger partial charge in [-0.2, -0.15) is 5.21 Å². The number of hydrogen-bond donors (Lipinski definition) is 2. The minimum Gasteiger partial charge on any atom is -0.350 e. The SMILES string of the molecule is CC(Nc1nnc(Br)s1)c1nn[nH]n1. The topological polar surface area (TPSA) is 92.3 Å². The van der Waals surface area contributed by atoms with Gasteiger partial charge >= 0.3 is 0 Å². The summed E-state index contributed by atoms with van der Waals surface area (Å²) in [7, 11) is 0. The Morgan fingerprint density at radius 2 is 2.29 bits per heavy atom. The van der Waals surface area contributed by atoms with Crippen molar-refractivity contribution in [2.24, 2.45) is 0 Å². The molecule has 2 aromatic heterocycles. The Hall–Kier alpha value is -1.09. The number of hydrogen-bond acceptors (Lipinski definition) is 7. The summed E-state index contributed by atoms with van der Waals surface area (Å²) in [5.41, 5.74) is 0. The molecule has 0 aliphatic rings. The average molecular weight is 276 g/mol. The highest BCUT2D eigenvalue weighted by Gasteiger charge is 2.11. The first-order valence-corrected chi connectivity index (χ1v) is 5.35. The van der Waals surface area contributed by atoms with E-state index in [-0.39, 0.29) is 6.04 Å². The van der Waals surface area contributed by atoms with Gasteiger partial charge in [-0.1, -0.05) is 16.6 Å². The van der Waals surface area contributed by atoms with Gasteiger partial charge in [0.25, 0.3) is 0 Å². The molecule has 0 radical (unpaired) electrons. The number of aromatic amines is 1. The minimum atomic E-state index is -0.0476. The molecule has 2 N–H and O–H groups in total. The summed E-state index contributed by atoms with van der Waals surface area (Å²) in [5.74, 6) is 0.594. The zero-order valence-corrected chi connectivity index (χ0v) is 9.50. The Bertz CT molecular complexity index is 398. The molecule has 2 heterocycles. The summed E-state index contributed by atoms with van der Waals surface area (Å²) in [6.07, 6.45) is 0. The summed E-state index contributed by atoms with van der Waals surface area (Å²) in [5, 5.41) is 25.1. The minimum absolute atomic E-state index is 0.0476. The quantitative estimate of drug-likeness (QED) is 0.868. The molecule has 0 saturated carbocycles. The fourth-order valence-electron chi connectivity index (χ4n) is 0.866. The summed E-state index contributed by atoms with van der Waals surface area (Å²) >= 11 is 4.64. The monoisotopic (exact) mass is 275 g/mol. The van der Waals surface area contributed by atoms with E-state index in [1.54, 1.807) is 0 Å². The first-order valence-electron chi connectivity index (χ1n) is 3.74. The molecule has 0 saturated heterocycles. The second-order valence-corrected chi connectivity index (χ2v) is 4.75. The molecule has 0 amide bonds. The smallest absolute Gasteiger partial charge is 0.207 e. The molecule has 14 heavy (non-hydrogen) atoms. The van der Waals surface area contributed by atoms with Gasteiger partial charge in [0.15, 0.2) is 9.74 Å². The molecule has 0 aliphatic heterocycles. The Balaban J connectivity index is 2.05. The number of anilines is 1. The van der Waals surface area contributed by atoms with E-state index in [9.17, 15) is 0 Å². The van der Waals surface area contributed by atoms with Gasteiger partial charge in [-0.05, 0) is 22.9 Å². The van der Waals surface area contributed by atoms with Crippen molar-refractivity contribution in [3.05, 3.63) is 9.74 Å². The second kappa shape index (κ2) is 3.96. The molecule has 0 bridgehead atoms. The zero-order valence-electron chi connectivity index (χ0n) is 7.10. The van der Waals surface area contributed by atoms with Crippen molar-refractivity contribution in [3.8, 4) is 0 Å². The first kappa shape index (κ1) is 9.46. The summed E-state index contributed by atoms with van der Waals surface area (Å²) in [6.45, 7) is 1.92. The number of tetrazole rings is 1. The number of H-pyrrole nitrogens is 1. The van der Waals surface area contributed by atoms with Gasteiger partial charge in [0.1, 0.15) is 0 Å². The number of halogens is 1. The second-order valence-electron chi connectivity index (χ2n) is 2.50. The van der Waals surface area contributed by atoms with Crippen LogP contribution in [0.2, 0.25) is 0 Å². The summed E-state index contributed by atoms with van der Waals surface area (Å²) < 4.78 is 0.736. The largest absolute Gasteiger partial charge is 0.350 e. The number of nitrogens with one attached hydrogen (secondary N) is 2. The van der Waals surface area contributed by atoms with Gasteiger partial charge in [-0.15, -0.1) is 20.4 Å². The van der Waals surface area contributed by atoms with Crippen molar-refractivity contribution in [1.82, 2.24) is 30.8 Å². The lowest BCUT2D eigenvalue weighted by Gasteiger charge is -2.06. The van der Waals surface area contributed by atoms with Crippen molar-refractivity contribution in [1.29, 1.82) is 0 Å². The Morgan fingerprint density at radius 1 is 1.43 bits per heavy atom. The molecule has 1 unspecified atom stereocenters. The molecule has 2 rings (SSSR count). The maximum absolute atomic E-state index is 3.89. The molecule has 74 valence electrons. The lowest BCUT2D eigenvalue weighted by atomic mass is 10.3. The van der Waals surface area contributed by atoms with Crippen LogP contribution in [0.3, 0.4) is 0 Å². The van der Waals surface area contributed by atoms with Crippen molar-refractivity contribution in [3.63, 3.8) is 0 Å². The fraction of sp³-hybridized carbons (Fsp3) is 0.400. The van der Waals surface area contributed by atoms with E-state index >= 15 is 0 Å². The molecule has 0 aliphatic carbocycles. The Labute approximate surface area is 91.5 Å². The number of nitrogens with zero attached hydrogens (tertiary/aromatic N) is 5. The maximum Gasteiger partial charge on any atom is 0.207 e. The predicted molar refractivity (Wildman–Crippen MR) is 53.8 cm³/mol. The van der Waals surface area contributed by atoms with Crippen molar-refractivity contribution in [2.75, 3.05) is 5.32 Å². The lowest BCUT2D eigenvalue weighted by molar-refractivity contribution is 0.788. The Morgan fingerprint density at radius 3 is 2.86 bits per heavy atom. The van der Waals surface area contributed by atoms with Crippen LogP contribution in [-0.2, 0) is 0 Å². The molecule has 1 atom stereocenters. The van der Waals surface area contributed by atoms with Gasteiger partial charge in [0, 0.05) is 0 Å².